The van der Waals surface area contributed by atoms with Crippen LogP contribution in [0.1, 0.15) is 11.3 Å². The Morgan fingerprint density at radius 2 is 1.89 bits per heavy atom. The molecule has 0 fully saturated rings. The molecule has 10 heteroatoms. The van der Waals surface area contributed by atoms with Crippen LogP contribution >= 0.6 is 22.9 Å². The van der Waals surface area contributed by atoms with Crippen molar-refractivity contribution in [2.75, 3.05) is 5.32 Å². The molecule has 0 aliphatic rings. The topological polar surface area (TPSA) is 86.7 Å². The van der Waals surface area contributed by atoms with Crippen LogP contribution in [0.25, 0.3) is 11.2 Å². The quantitative estimate of drug-likeness (QED) is 0.517. The Morgan fingerprint density at radius 3 is 2.64 bits per heavy atom. The van der Waals surface area contributed by atoms with E-state index in [-0.39, 0.29) is 23.0 Å². The van der Waals surface area contributed by atoms with Crippen LogP contribution in [0.2, 0.25) is 5.28 Å². The number of nitrogens with one attached hydrogen (secondary N) is 1. The van der Waals surface area contributed by atoms with Gasteiger partial charge < -0.3 is 9.88 Å². The van der Waals surface area contributed by atoms with Gasteiger partial charge in [-0.05, 0) is 30.2 Å². The average Bonchev–Trinajstić information content (AvgIpc) is 3.25. The minimum Gasteiger partial charge on any atom is -0.331 e. The Balaban J connectivity index is 1.71. The van der Waals surface area contributed by atoms with Crippen molar-refractivity contribution in [3.63, 3.8) is 0 Å². The predicted octanol–water partition coefficient (Wildman–Crippen LogP) is 2.64. The second kappa shape index (κ2) is 6.92. The van der Waals surface area contributed by atoms with Crippen molar-refractivity contribution in [3.8, 4) is 0 Å². The molecule has 0 radical (unpaired) electrons. The van der Waals surface area contributed by atoms with E-state index in [0.29, 0.717) is 0 Å². The van der Waals surface area contributed by atoms with E-state index in [9.17, 15) is 9.59 Å². The van der Waals surface area contributed by atoms with Crippen molar-refractivity contribution in [3.05, 3.63) is 67.0 Å². The molecule has 0 saturated heterocycles. The Labute approximate surface area is 168 Å². The number of hydrogen-bond acceptors (Lipinski definition) is 6. The highest BCUT2D eigenvalue weighted by Gasteiger charge is 2.19. The van der Waals surface area contributed by atoms with Crippen LogP contribution < -0.4 is 16.6 Å². The normalized spacial score (nSPS) is 11.3. The average molecular weight is 417 g/mol. The Kier molecular flexibility index (Phi) is 4.56. The van der Waals surface area contributed by atoms with Gasteiger partial charge in [0.05, 0.1) is 12.2 Å². The van der Waals surface area contributed by atoms with Gasteiger partial charge in [-0.3, -0.25) is 13.9 Å². The lowest BCUT2D eigenvalue weighted by Crippen LogP contribution is -2.37. The van der Waals surface area contributed by atoms with Gasteiger partial charge in [-0.25, -0.2) is 9.78 Å². The van der Waals surface area contributed by atoms with Crippen LogP contribution in [0, 0.1) is 6.92 Å². The zero-order valence-electron chi connectivity index (χ0n) is 15.4. The molecule has 0 saturated carbocycles. The summed E-state index contributed by atoms with van der Waals surface area (Å²) in [5.74, 6) is 0. The standard InChI is InChI=1S/C18H17ClN6O2S/c1-10-6-4-5-7-12(10)21-17-20-11(9-28-17)8-25-13-14(22-16(25)19)23(2)18(27)24(3)15(13)26/h4-7,9H,8H2,1-3H3,(H,20,21). The number of aryl methyl sites for hydroxylation is 2. The zero-order chi connectivity index (χ0) is 20.0. The Morgan fingerprint density at radius 1 is 1.14 bits per heavy atom. The fourth-order valence-electron chi connectivity index (χ4n) is 2.99. The minimum absolute atomic E-state index is 0.134. The molecule has 0 aliphatic heterocycles. The molecule has 8 nitrogen and oxygen atoms in total. The first-order valence-electron chi connectivity index (χ1n) is 8.45. The van der Waals surface area contributed by atoms with E-state index in [4.69, 9.17) is 11.6 Å². The van der Waals surface area contributed by atoms with Crippen molar-refractivity contribution in [1.82, 2.24) is 23.7 Å². The van der Waals surface area contributed by atoms with E-state index in [0.717, 1.165) is 26.6 Å². The van der Waals surface area contributed by atoms with E-state index >= 15 is 0 Å². The first-order chi connectivity index (χ1) is 13.4. The third-order valence-corrected chi connectivity index (χ3v) is 5.66. The van der Waals surface area contributed by atoms with Gasteiger partial charge in [0.15, 0.2) is 16.3 Å². The molecule has 3 heterocycles. The molecule has 4 aromatic rings. The maximum Gasteiger partial charge on any atom is 0.332 e. The second-order valence-corrected chi connectivity index (χ2v) is 7.63. The molecule has 28 heavy (non-hydrogen) atoms. The summed E-state index contributed by atoms with van der Waals surface area (Å²) in [5, 5.41) is 6.07. The fourth-order valence-corrected chi connectivity index (χ4v) is 3.93. The Bertz CT molecular complexity index is 1320. The van der Waals surface area contributed by atoms with Crippen LogP contribution in [-0.2, 0) is 20.6 Å². The lowest BCUT2D eigenvalue weighted by Gasteiger charge is -2.06. The van der Waals surface area contributed by atoms with Gasteiger partial charge in [0.25, 0.3) is 5.56 Å². The maximum absolute atomic E-state index is 12.6. The molecular weight excluding hydrogens is 400 g/mol. The summed E-state index contributed by atoms with van der Waals surface area (Å²) in [4.78, 5) is 33.5. The van der Waals surface area contributed by atoms with Gasteiger partial charge in [-0.15, -0.1) is 11.3 Å². The summed E-state index contributed by atoms with van der Waals surface area (Å²) in [7, 11) is 2.99. The number of para-hydroxylation sites is 1. The van der Waals surface area contributed by atoms with Gasteiger partial charge in [0.2, 0.25) is 5.28 Å². The molecule has 3 aromatic heterocycles. The van der Waals surface area contributed by atoms with Crippen LogP contribution in [0.5, 0.6) is 0 Å². The number of aromatic nitrogens is 5. The van der Waals surface area contributed by atoms with Gasteiger partial charge in [0.1, 0.15) is 0 Å². The van der Waals surface area contributed by atoms with E-state index in [1.165, 1.54) is 23.0 Å². The predicted molar refractivity (Wildman–Crippen MR) is 111 cm³/mol. The molecule has 1 aromatic carbocycles. The van der Waals surface area contributed by atoms with Gasteiger partial charge >= 0.3 is 5.69 Å². The molecule has 0 bridgehead atoms. The highest BCUT2D eigenvalue weighted by Crippen LogP contribution is 2.25. The fraction of sp³-hybridized carbons (Fsp3) is 0.222. The number of imidazole rings is 1. The number of benzene rings is 1. The molecule has 1 N–H and O–H groups in total. The van der Waals surface area contributed by atoms with Crippen LogP contribution in [0.4, 0.5) is 10.8 Å². The molecular formula is C18H17ClN6O2S. The zero-order valence-corrected chi connectivity index (χ0v) is 17.0. The first kappa shape index (κ1) is 18.5. The van der Waals surface area contributed by atoms with Gasteiger partial charge in [-0.2, -0.15) is 4.98 Å². The smallest absolute Gasteiger partial charge is 0.331 e. The van der Waals surface area contributed by atoms with E-state index in [1.807, 2.05) is 36.6 Å². The molecule has 0 atom stereocenters. The van der Waals surface area contributed by atoms with E-state index in [1.54, 1.807) is 11.6 Å². The summed E-state index contributed by atoms with van der Waals surface area (Å²) in [6, 6.07) is 7.95. The van der Waals surface area contributed by atoms with Crippen molar-refractivity contribution >= 4 is 44.9 Å². The molecule has 0 spiro atoms. The summed E-state index contributed by atoms with van der Waals surface area (Å²) < 4.78 is 3.93. The Hall–Kier alpha value is -2.91. The largest absolute Gasteiger partial charge is 0.332 e. The van der Waals surface area contributed by atoms with Crippen LogP contribution in [0.3, 0.4) is 0 Å². The lowest BCUT2D eigenvalue weighted by atomic mass is 10.2. The maximum atomic E-state index is 12.6. The second-order valence-electron chi connectivity index (χ2n) is 6.43. The SMILES string of the molecule is Cc1ccccc1Nc1nc(Cn2c(Cl)nc3c2c(=O)n(C)c(=O)n3C)cs1. The molecule has 144 valence electrons. The van der Waals surface area contributed by atoms with Crippen LogP contribution in [-0.4, -0.2) is 23.7 Å². The van der Waals surface area contributed by atoms with Crippen LogP contribution in [0.15, 0.2) is 39.2 Å². The van der Waals surface area contributed by atoms with Crippen molar-refractivity contribution in [2.24, 2.45) is 14.1 Å². The third-order valence-electron chi connectivity index (χ3n) is 4.56. The first-order valence-corrected chi connectivity index (χ1v) is 9.71. The number of nitrogens with zero attached hydrogens (tertiary/aromatic N) is 5. The van der Waals surface area contributed by atoms with Gasteiger partial charge in [-0.1, -0.05) is 18.2 Å². The summed E-state index contributed by atoms with van der Waals surface area (Å²) in [6.07, 6.45) is 0. The van der Waals surface area contributed by atoms with Crippen molar-refractivity contribution in [1.29, 1.82) is 0 Å². The molecule has 0 aliphatic carbocycles. The van der Waals surface area contributed by atoms with Crippen molar-refractivity contribution < 1.29 is 0 Å². The van der Waals surface area contributed by atoms with Crippen molar-refractivity contribution in [2.45, 2.75) is 13.5 Å². The summed E-state index contributed by atoms with van der Waals surface area (Å²) in [6.45, 7) is 2.29. The molecule has 0 amide bonds. The minimum atomic E-state index is -0.447. The molecule has 0 unspecified atom stereocenters. The van der Waals surface area contributed by atoms with E-state index in [2.05, 4.69) is 15.3 Å². The highest BCUT2D eigenvalue weighted by molar-refractivity contribution is 7.13. The molecule has 4 rings (SSSR count). The summed E-state index contributed by atoms with van der Waals surface area (Å²) >= 11 is 7.73. The van der Waals surface area contributed by atoms with Gasteiger partial charge in [0, 0.05) is 25.2 Å². The number of anilines is 2. The summed E-state index contributed by atoms with van der Waals surface area (Å²) in [5.41, 5.74) is 2.48. The monoisotopic (exact) mass is 416 g/mol. The highest BCUT2D eigenvalue weighted by atomic mass is 35.5. The number of hydrogen-bond donors (Lipinski definition) is 1. The number of fused-ring (bicyclic) bond motifs is 1. The van der Waals surface area contributed by atoms with E-state index < -0.39 is 11.2 Å². The third kappa shape index (κ3) is 3.02. The number of rotatable bonds is 4. The lowest BCUT2D eigenvalue weighted by molar-refractivity contribution is 0.701. The number of halogens is 1. The number of thiazole rings is 1.